The summed E-state index contributed by atoms with van der Waals surface area (Å²) < 4.78 is 11.7. The number of benzene rings is 1. The summed E-state index contributed by atoms with van der Waals surface area (Å²) in [5, 5.41) is 11.8. The lowest BCUT2D eigenvalue weighted by Gasteiger charge is -2.17. The van der Waals surface area contributed by atoms with Gasteiger partial charge in [-0.25, -0.2) is 0 Å². The van der Waals surface area contributed by atoms with E-state index in [1.807, 2.05) is 19.9 Å². The van der Waals surface area contributed by atoms with Crippen LogP contribution in [0.4, 0.5) is 0 Å². The fourth-order valence-corrected chi connectivity index (χ4v) is 1.99. The second kappa shape index (κ2) is 7.23. The number of amidine groups is 1. The van der Waals surface area contributed by atoms with E-state index in [0.29, 0.717) is 29.0 Å². The van der Waals surface area contributed by atoms with Gasteiger partial charge < -0.3 is 20.4 Å². The number of nitrogens with two attached hydrogens (primary N) is 1. The first kappa shape index (κ1) is 14.8. The van der Waals surface area contributed by atoms with Crippen molar-refractivity contribution in [3.8, 4) is 5.75 Å². The molecule has 0 amide bonds. The molecule has 1 aromatic rings. The third-order valence-corrected chi connectivity index (χ3v) is 2.88. The molecule has 3 N–H and O–H groups in total. The number of nitrogens with zero attached hydrogens (tertiary/aromatic N) is 1. The highest BCUT2D eigenvalue weighted by Gasteiger charge is 2.14. The van der Waals surface area contributed by atoms with Crippen molar-refractivity contribution >= 4 is 21.8 Å². The Morgan fingerprint density at radius 2 is 2.28 bits per heavy atom. The smallest absolute Gasteiger partial charge is 0.174 e. The van der Waals surface area contributed by atoms with Gasteiger partial charge in [0, 0.05) is 11.1 Å². The summed E-state index contributed by atoms with van der Waals surface area (Å²) in [6.45, 7) is 4.94. The summed E-state index contributed by atoms with van der Waals surface area (Å²) in [6, 6.07) is 5.38. The second-order valence-corrected chi connectivity index (χ2v) is 4.54. The second-order valence-electron chi connectivity index (χ2n) is 3.69. The lowest BCUT2D eigenvalue weighted by Crippen LogP contribution is -2.22. The molecule has 1 aromatic carbocycles. The van der Waals surface area contributed by atoms with Gasteiger partial charge in [0.25, 0.3) is 0 Å². The van der Waals surface area contributed by atoms with Gasteiger partial charge in [0.1, 0.15) is 11.9 Å². The Labute approximate surface area is 115 Å². The average molecular weight is 317 g/mol. The standard InChI is InChI=1S/C12H17BrN2O3/c1-3-17-7-8(2)18-10-6-4-5-9(13)11(10)12(14)15-16/h4-6,8,16H,3,7H2,1-2H3,(H2,14,15). The number of rotatable bonds is 6. The predicted molar refractivity (Wildman–Crippen MR) is 73.2 cm³/mol. The van der Waals surface area contributed by atoms with Crippen LogP contribution in [0.25, 0.3) is 0 Å². The lowest BCUT2D eigenvalue weighted by molar-refractivity contribution is 0.0656. The van der Waals surface area contributed by atoms with E-state index in [-0.39, 0.29) is 11.9 Å². The van der Waals surface area contributed by atoms with E-state index in [9.17, 15) is 0 Å². The lowest BCUT2D eigenvalue weighted by atomic mass is 10.2. The predicted octanol–water partition coefficient (Wildman–Crippen LogP) is 2.35. The largest absolute Gasteiger partial charge is 0.488 e. The molecule has 18 heavy (non-hydrogen) atoms. The minimum Gasteiger partial charge on any atom is -0.488 e. The van der Waals surface area contributed by atoms with E-state index in [1.165, 1.54) is 0 Å². The van der Waals surface area contributed by atoms with Crippen LogP contribution >= 0.6 is 15.9 Å². The van der Waals surface area contributed by atoms with Crippen molar-refractivity contribution in [1.29, 1.82) is 0 Å². The van der Waals surface area contributed by atoms with E-state index in [1.54, 1.807) is 12.1 Å². The Morgan fingerprint density at radius 1 is 1.56 bits per heavy atom. The van der Waals surface area contributed by atoms with Crippen LogP contribution in [0.15, 0.2) is 27.8 Å². The van der Waals surface area contributed by atoms with E-state index < -0.39 is 0 Å². The van der Waals surface area contributed by atoms with Gasteiger partial charge >= 0.3 is 0 Å². The Balaban J connectivity index is 2.91. The van der Waals surface area contributed by atoms with Crippen molar-refractivity contribution in [1.82, 2.24) is 0 Å². The quantitative estimate of drug-likeness (QED) is 0.365. The van der Waals surface area contributed by atoms with E-state index in [2.05, 4.69) is 21.1 Å². The first-order valence-corrected chi connectivity index (χ1v) is 6.40. The van der Waals surface area contributed by atoms with Crippen LogP contribution in [0, 0.1) is 0 Å². The number of hydrogen-bond acceptors (Lipinski definition) is 4. The zero-order valence-corrected chi connectivity index (χ0v) is 12.0. The maximum Gasteiger partial charge on any atom is 0.174 e. The van der Waals surface area contributed by atoms with Crippen molar-refractivity contribution in [2.24, 2.45) is 10.9 Å². The highest BCUT2D eigenvalue weighted by molar-refractivity contribution is 9.10. The van der Waals surface area contributed by atoms with Gasteiger partial charge in [-0.3, -0.25) is 0 Å². The van der Waals surface area contributed by atoms with Crippen LogP contribution in [0.2, 0.25) is 0 Å². The third-order valence-electron chi connectivity index (χ3n) is 2.22. The van der Waals surface area contributed by atoms with Gasteiger partial charge in [-0.2, -0.15) is 0 Å². The van der Waals surface area contributed by atoms with Gasteiger partial charge in [0.05, 0.1) is 12.2 Å². The fraction of sp³-hybridized carbons (Fsp3) is 0.417. The molecule has 0 radical (unpaired) electrons. The third kappa shape index (κ3) is 3.89. The van der Waals surface area contributed by atoms with Crippen molar-refractivity contribution in [3.63, 3.8) is 0 Å². The van der Waals surface area contributed by atoms with Crippen molar-refractivity contribution in [2.45, 2.75) is 20.0 Å². The molecule has 0 fully saturated rings. The molecule has 100 valence electrons. The molecule has 6 heteroatoms. The summed E-state index contributed by atoms with van der Waals surface area (Å²) in [7, 11) is 0. The summed E-state index contributed by atoms with van der Waals surface area (Å²) in [5.41, 5.74) is 6.16. The highest BCUT2D eigenvalue weighted by Crippen LogP contribution is 2.27. The van der Waals surface area contributed by atoms with Crippen LogP contribution in [0.1, 0.15) is 19.4 Å². The monoisotopic (exact) mass is 316 g/mol. The molecule has 0 saturated carbocycles. The minimum absolute atomic E-state index is 0.00100. The van der Waals surface area contributed by atoms with Gasteiger partial charge in [-0.1, -0.05) is 11.2 Å². The van der Waals surface area contributed by atoms with Crippen LogP contribution in [0.3, 0.4) is 0 Å². The van der Waals surface area contributed by atoms with Crippen molar-refractivity contribution in [2.75, 3.05) is 13.2 Å². The maximum atomic E-state index is 8.77. The van der Waals surface area contributed by atoms with Crippen LogP contribution in [0.5, 0.6) is 5.75 Å². The van der Waals surface area contributed by atoms with Crippen molar-refractivity contribution in [3.05, 3.63) is 28.2 Å². The van der Waals surface area contributed by atoms with Gasteiger partial charge in [-0.05, 0) is 41.9 Å². The Hall–Kier alpha value is -1.27. The molecule has 1 unspecified atom stereocenters. The van der Waals surface area contributed by atoms with E-state index in [0.717, 1.165) is 0 Å². The van der Waals surface area contributed by atoms with Gasteiger partial charge in [-0.15, -0.1) is 0 Å². The topological polar surface area (TPSA) is 77.1 Å². The molecule has 1 rings (SSSR count). The van der Waals surface area contributed by atoms with Crippen molar-refractivity contribution < 1.29 is 14.7 Å². The van der Waals surface area contributed by atoms with Gasteiger partial charge in [0.2, 0.25) is 0 Å². The normalized spacial score (nSPS) is 13.4. The van der Waals surface area contributed by atoms with E-state index >= 15 is 0 Å². The molecule has 0 aliphatic carbocycles. The molecular formula is C12H17BrN2O3. The Kier molecular flexibility index (Phi) is 5.94. The minimum atomic E-state index is -0.121. The number of oxime groups is 1. The van der Waals surface area contributed by atoms with Gasteiger partial charge in [0.15, 0.2) is 5.84 Å². The number of ether oxygens (including phenoxy) is 2. The highest BCUT2D eigenvalue weighted by atomic mass is 79.9. The molecule has 0 aromatic heterocycles. The Morgan fingerprint density at radius 3 is 2.89 bits per heavy atom. The summed E-state index contributed by atoms with van der Waals surface area (Å²) in [5.74, 6) is 0.549. The molecule has 0 aliphatic heterocycles. The first-order chi connectivity index (χ1) is 8.60. The van der Waals surface area contributed by atoms with Crippen LogP contribution in [-0.2, 0) is 4.74 Å². The molecular weight excluding hydrogens is 300 g/mol. The zero-order valence-electron chi connectivity index (χ0n) is 10.4. The molecule has 0 spiro atoms. The molecule has 5 nitrogen and oxygen atoms in total. The molecule has 1 atom stereocenters. The van der Waals surface area contributed by atoms with Crippen LogP contribution < -0.4 is 10.5 Å². The maximum absolute atomic E-state index is 8.77. The molecule has 0 aliphatic rings. The summed E-state index contributed by atoms with van der Waals surface area (Å²) in [4.78, 5) is 0. The molecule has 0 heterocycles. The molecule has 0 bridgehead atoms. The number of hydrogen-bond donors (Lipinski definition) is 2. The van der Waals surface area contributed by atoms with E-state index in [4.69, 9.17) is 20.4 Å². The summed E-state index contributed by atoms with van der Waals surface area (Å²) >= 11 is 3.35. The fourth-order valence-electron chi connectivity index (χ4n) is 1.44. The average Bonchev–Trinajstić information content (AvgIpc) is 2.35. The molecule has 0 saturated heterocycles. The SMILES string of the molecule is CCOCC(C)Oc1cccc(Br)c1/C(N)=N/O. The van der Waals surface area contributed by atoms with Crippen LogP contribution in [-0.4, -0.2) is 30.4 Å². The summed E-state index contributed by atoms with van der Waals surface area (Å²) in [6.07, 6.45) is -0.121. The first-order valence-electron chi connectivity index (χ1n) is 5.61. The Bertz CT molecular complexity index is 424. The zero-order chi connectivity index (χ0) is 13.5. The number of halogens is 1.